The Bertz CT molecular complexity index is 982. The minimum atomic E-state index is -0.792. The van der Waals surface area contributed by atoms with Crippen molar-refractivity contribution in [3.63, 3.8) is 0 Å². The van der Waals surface area contributed by atoms with E-state index in [9.17, 15) is 14.4 Å². The number of carbonyl (C=O) groups is 3. The lowest BCUT2D eigenvalue weighted by molar-refractivity contribution is -0.124. The van der Waals surface area contributed by atoms with Gasteiger partial charge in [-0.15, -0.1) is 0 Å². The molecule has 3 amide bonds. The minimum absolute atomic E-state index is 0.279. The number of hydrogen-bond donors (Lipinski definition) is 3. The second-order valence-electron chi connectivity index (χ2n) is 18.9. The van der Waals surface area contributed by atoms with Crippen LogP contribution in [0, 0.1) is 0 Å². The molecule has 0 saturated heterocycles. The molecule has 0 aromatic carbocycles. The second-order valence-corrected chi connectivity index (χ2v) is 18.9. The van der Waals surface area contributed by atoms with Crippen molar-refractivity contribution in [3.05, 3.63) is 0 Å². The zero-order valence-electron chi connectivity index (χ0n) is 40.1. The highest BCUT2D eigenvalue weighted by Gasteiger charge is 2.25. The van der Waals surface area contributed by atoms with Gasteiger partial charge in [0, 0.05) is 26.3 Å². The lowest BCUT2D eigenvalue weighted by Crippen LogP contribution is -2.50. The third-order valence-electron chi connectivity index (χ3n) is 10.4. The fourth-order valence-electron chi connectivity index (χ4n) is 7.01. The molecule has 0 spiro atoms. The van der Waals surface area contributed by atoms with Gasteiger partial charge >= 0.3 is 12.2 Å². The first-order valence-electron chi connectivity index (χ1n) is 24.7. The number of unbranched alkanes of at least 4 members (excludes halogenated alkanes) is 25. The highest BCUT2D eigenvalue weighted by Crippen LogP contribution is 2.15. The summed E-state index contributed by atoms with van der Waals surface area (Å²) in [6.07, 6.45) is 34.2. The van der Waals surface area contributed by atoms with Gasteiger partial charge in [-0.1, -0.05) is 168 Å². The molecule has 0 aliphatic carbocycles. The van der Waals surface area contributed by atoms with Crippen LogP contribution >= 0.6 is 0 Å². The molecule has 0 radical (unpaired) electrons. The van der Waals surface area contributed by atoms with Crippen molar-refractivity contribution in [1.29, 1.82) is 0 Å². The van der Waals surface area contributed by atoms with Crippen molar-refractivity contribution in [1.82, 2.24) is 16.0 Å². The Hall–Kier alpha value is -2.07. The molecular formula is C49H97N3O7. The normalized spacial score (nSPS) is 12.9. The highest BCUT2D eigenvalue weighted by molar-refractivity contribution is 5.85. The Labute approximate surface area is 364 Å². The number of carbonyl (C=O) groups excluding carboxylic acids is 3. The van der Waals surface area contributed by atoms with Crippen LogP contribution in [0.5, 0.6) is 0 Å². The molecule has 1 unspecified atom stereocenters. The van der Waals surface area contributed by atoms with Crippen LogP contribution in [0.3, 0.4) is 0 Å². The van der Waals surface area contributed by atoms with Crippen molar-refractivity contribution >= 4 is 18.1 Å². The Kier molecular flexibility index (Phi) is 37.5. The largest absolute Gasteiger partial charge is 0.444 e. The van der Waals surface area contributed by atoms with Gasteiger partial charge in [0.2, 0.25) is 5.91 Å². The van der Waals surface area contributed by atoms with Crippen molar-refractivity contribution < 1.29 is 33.3 Å². The number of rotatable bonds is 40. The van der Waals surface area contributed by atoms with E-state index in [4.69, 9.17) is 18.9 Å². The van der Waals surface area contributed by atoms with E-state index in [1.165, 1.54) is 148 Å². The van der Waals surface area contributed by atoms with E-state index in [1.807, 2.05) is 20.8 Å². The Morgan fingerprint density at radius 3 is 1.32 bits per heavy atom. The average molecular weight is 840 g/mol. The van der Waals surface area contributed by atoms with E-state index in [-0.39, 0.29) is 12.0 Å². The molecule has 0 aliphatic heterocycles. The van der Waals surface area contributed by atoms with E-state index in [2.05, 4.69) is 29.8 Å². The van der Waals surface area contributed by atoms with Crippen LogP contribution in [0.25, 0.3) is 0 Å². The van der Waals surface area contributed by atoms with Crippen molar-refractivity contribution in [3.8, 4) is 0 Å². The van der Waals surface area contributed by atoms with E-state index in [0.717, 1.165) is 19.3 Å². The van der Waals surface area contributed by atoms with E-state index < -0.39 is 29.4 Å². The van der Waals surface area contributed by atoms with Gasteiger partial charge in [-0.05, 0) is 73.6 Å². The van der Waals surface area contributed by atoms with Crippen LogP contribution in [0.4, 0.5) is 9.59 Å². The molecule has 0 rings (SSSR count). The number of ether oxygens (including phenoxy) is 4. The number of hydrogen-bond acceptors (Lipinski definition) is 7. The summed E-state index contributed by atoms with van der Waals surface area (Å²) < 4.78 is 23.2. The number of alkyl carbamates (subject to hydrolysis) is 2. The highest BCUT2D eigenvalue weighted by atomic mass is 16.6. The lowest BCUT2D eigenvalue weighted by atomic mass is 10.0. The summed E-state index contributed by atoms with van der Waals surface area (Å²) in [5, 5.41) is 8.55. The molecule has 0 aromatic heterocycles. The van der Waals surface area contributed by atoms with Gasteiger partial charge in [0.25, 0.3) is 0 Å². The van der Waals surface area contributed by atoms with E-state index >= 15 is 0 Å². The molecule has 0 aromatic rings. The number of amides is 3. The smallest absolute Gasteiger partial charge is 0.408 e. The summed E-state index contributed by atoms with van der Waals surface area (Å²) in [7, 11) is 0. The lowest BCUT2D eigenvalue weighted by Gasteiger charge is -2.24. The first-order valence-corrected chi connectivity index (χ1v) is 24.7. The van der Waals surface area contributed by atoms with Gasteiger partial charge in [0.05, 0.1) is 12.7 Å². The van der Waals surface area contributed by atoms with Crippen LogP contribution in [0.2, 0.25) is 0 Å². The SMILES string of the molecule is CCCCCCCCCCCCCCCCCCOCC(CNC(=O)[C@H](CCCCNC(=O)OC(C)(C)C)NC(=O)OC(C)(C)C)OCCCCCCCCCCCC. The Balaban J connectivity index is 4.79. The summed E-state index contributed by atoms with van der Waals surface area (Å²) in [4.78, 5) is 38.3. The fraction of sp³-hybridized carbons (Fsp3) is 0.939. The minimum Gasteiger partial charge on any atom is -0.444 e. The molecular weight excluding hydrogens is 743 g/mol. The molecule has 0 saturated carbocycles. The molecule has 59 heavy (non-hydrogen) atoms. The molecule has 0 heterocycles. The van der Waals surface area contributed by atoms with Gasteiger partial charge in [-0.3, -0.25) is 4.79 Å². The van der Waals surface area contributed by atoms with E-state index in [1.54, 1.807) is 20.8 Å². The molecule has 3 N–H and O–H groups in total. The Morgan fingerprint density at radius 1 is 0.475 bits per heavy atom. The van der Waals surface area contributed by atoms with Crippen LogP contribution in [-0.2, 0) is 23.7 Å². The van der Waals surface area contributed by atoms with Crippen LogP contribution in [-0.4, -0.2) is 74.4 Å². The zero-order valence-corrected chi connectivity index (χ0v) is 40.1. The van der Waals surface area contributed by atoms with Gasteiger partial charge in [0.15, 0.2) is 0 Å². The molecule has 0 fully saturated rings. The predicted octanol–water partition coefficient (Wildman–Crippen LogP) is 13.3. The molecule has 10 heteroatoms. The summed E-state index contributed by atoms with van der Waals surface area (Å²) in [5.74, 6) is -0.290. The van der Waals surface area contributed by atoms with Gasteiger partial charge in [-0.25, -0.2) is 9.59 Å². The molecule has 350 valence electrons. The van der Waals surface area contributed by atoms with E-state index in [0.29, 0.717) is 52.2 Å². The summed E-state index contributed by atoms with van der Waals surface area (Å²) in [6.45, 7) is 17.8. The summed E-state index contributed by atoms with van der Waals surface area (Å²) in [6, 6.07) is -0.792. The molecule has 10 nitrogen and oxygen atoms in total. The maximum absolute atomic E-state index is 13.5. The fourth-order valence-corrected chi connectivity index (χ4v) is 7.01. The third kappa shape index (κ3) is 42.4. The topological polar surface area (TPSA) is 124 Å². The summed E-state index contributed by atoms with van der Waals surface area (Å²) in [5.41, 5.74) is -1.27. The van der Waals surface area contributed by atoms with Crippen molar-refractivity contribution in [2.24, 2.45) is 0 Å². The number of nitrogens with one attached hydrogen (secondary N) is 3. The van der Waals surface area contributed by atoms with Gasteiger partial charge < -0.3 is 34.9 Å². The van der Waals surface area contributed by atoms with Crippen LogP contribution in [0.15, 0.2) is 0 Å². The van der Waals surface area contributed by atoms with Crippen molar-refractivity contribution in [2.75, 3.05) is 32.9 Å². The van der Waals surface area contributed by atoms with Crippen molar-refractivity contribution in [2.45, 2.75) is 265 Å². The standard InChI is InChI=1S/C49H97N3O7/c1-9-11-13-15-17-19-21-22-23-24-25-26-27-29-31-35-39-56-42-43(57-40-36-32-30-28-20-18-16-14-12-10-2)41-51-45(53)44(52-47(55)59-49(6,7)8)37-33-34-38-50-46(54)58-48(3,4)5/h43-44H,9-42H2,1-8H3,(H,50,54)(H,51,53)(H,52,55)/t43?,44-/m0/s1. The first-order chi connectivity index (χ1) is 28.3. The average Bonchev–Trinajstić information content (AvgIpc) is 3.16. The Morgan fingerprint density at radius 2 is 0.881 bits per heavy atom. The zero-order chi connectivity index (χ0) is 43.9. The molecule has 0 bridgehead atoms. The third-order valence-corrected chi connectivity index (χ3v) is 10.4. The molecule has 0 aliphatic rings. The van der Waals surface area contributed by atoms with Crippen LogP contribution in [0.1, 0.15) is 242 Å². The first kappa shape index (κ1) is 56.9. The van der Waals surface area contributed by atoms with Gasteiger partial charge in [0.1, 0.15) is 17.2 Å². The summed E-state index contributed by atoms with van der Waals surface area (Å²) >= 11 is 0. The monoisotopic (exact) mass is 840 g/mol. The quantitative estimate of drug-likeness (QED) is 0.0525. The molecule has 2 atom stereocenters. The van der Waals surface area contributed by atoms with Crippen LogP contribution < -0.4 is 16.0 Å². The predicted molar refractivity (Wildman–Crippen MR) is 246 cm³/mol. The maximum atomic E-state index is 13.5. The maximum Gasteiger partial charge on any atom is 0.408 e. The second kappa shape index (κ2) is 38.8. The van der Waals surface area contributed by atoms with Gasteiger partial charge in [-0.2, -0.15) is 0 Å².